The first-order chi connectivity index (χ1) is 12.4. The van der Waals surface area contributed by atoms with Gasteiger partial charge >= 0.3 is 0 Å². The number of benzene rings is 1. The van der Waals surface area contributed by atoms with Crippen LogP contribution in [0.3, 0.4) is 0 Å². The predicted octanol–water partition coefficient (Wildman–Crippen LogP) is 4.32. The molecule has 0 radical (unpaired) electrons. The fourth-order valence-corrected chi connectivity index (χ4v) is 7.15. The van der Waals surface area contributed by atoms with E-state index < -0.39 is 5.60 Å². The van der Waals surface area contributed by atoms with Crippen LogP contribution in [0.4, 0.5) is 0 Å². The van der Waals surface area contributed by atoms with Crippen molar-refractivity contribution in [2.75, 3.05) is 6.54 Å². The summed E-state index contributed by atoms with van der Waals surface area (Å²) in [6, 6.07) is 5.90. The SMILES string of the molecule is O=C1C(Cc2ccc(Cl)cc2Cl)CCN1C1C2CC3CC1CC(O)(C3)C2. The van der Waals surface area contributed by atoms with E-state index in [9.17, 15) is 9.90 Å². The first-order valence-corrected chi connectivity index (χ1v) is 10.6. The Morgan fingerprint density at radius 2 is 1.88 bits per heavy atom. The summed E-state index contributed by atoms with van der Waals surface area (Å²) < 4.78 is 0. The van der Waals surface area contributed by atoms with Gasteiger partial charge in [0.25, 0.3) is 0 Å². The van der Waals surface area contributed by atoms with Crippen molar-refractivity contribution in [3.8, 4) is 0 Å². The van der Waals surface area contributed by atoms with E-state index in [1.54, 1.807) is 6.07 Å². The molecule has 5 fully saturated rings. The van der Waals surface area contributed by atoms with Crippen LogP contribution in [0, 0.1) is 23.7 Å². The number of rotatable bonds is 3. The van der Waals surface area contributed by atoms with Crippen LogP contribution < -0.4 is 0 Å². The van der Waals surface area contributed by atoms with Gasteiger partial charge < -0.3 is 10.0 Å². The van der Waals surface area contributed by atoms with Crippen molar-refractivity contribution in [3.05, 3.63) is 33.8 Å². The Bertz CT molecular complexity index is 736. The summed E-state index contributed by atoms with van der Waals surface area (Å²) in [6.07, 6.45) is 6.76. The first-order valence-electron chi connectivity index (χ1n) is 9.89. The zero-order valence-electron chi connectivity index (χ0n) is 14.8. The molecule has 3 atom stereocenters. The number of aliphatic hydroxyl groups is 1. The maximum Gasteiger partial charge on any atom is 0.226 e. The van der Waals surface area contributed by atoms with E-state index in [2.05, 4.69) is 4.90 Å². The quantitative estimate of drug-likeness (QED) is 0.830. The molecule has 1 saturated heterocycles. The predicted molar refractivity (Wildman–Crippen MR) is 102 cm³/mol. The molecular weight excluding hydrogens is 369 g/mol. The third-order valence-corrected chi connectivity index (χ3v) is 7.97. The molecule has 4 bridgehead atoms. The molecule has 6 rings (SSSR count). The van der Waals surface area contributed by atoms with Gasteiger partial charge in [0.1, 0.15) is 0 Å². The molecule has 1 aromatic carbocycles. The van der Waals surface area contributed by atoms with Gasteiger partial charge in [0, 0.05) is 28.5 Å². The summed E-state index contributed by atoms with van der Waals surface area (Å²) in [6.45, 7) is 0.857. The second-order valence-electron chi connectivity index (χ2n) is 9.14. The maximum atomic E-state index is 13.2. The molecule has 1 aliphatic heterocycles. The Labute approximate surface area is 164 Å². The highest BCUT2D eigenvalue weighted by atomic mass is 35.5. The summed E-state index contributed by atoms with van der Waals surface area (Å²) in [7, 11) is 0. The molecule has 140 valence electrons. The minimum absolute atomic E-state index is 0.0222. The number of hydrogen-bond acceptors (Lipinski definition) is 2. The fraction of sp³-hybridized carbons (Fsp3) is 0.667. The van der Waals surface area contributed by atoms with Crippen LogP contribution in [0.25, 0.3) is 0 Å². The number of carbonyl (C=O) groups is 1. The van der Waals surface area contributed by atoms with Crippen LogP contribution in [-0.2, 0) is 11.2 Å². The summed E-state index contributed by atoms with van der Waals surface area (Å²) in [5.41, 5.74) is 0.571. The summed E-state index contributed by atoms with van der Waals surface area (Å²) >= 11 is 12.3. The normalized spacial score (nSPS) is 41.3. The number of hydrogen-bond donors (Lipinski definition) is 1. The molecule has 1 amide bonds. The third kappa shape index (κ3) is 2.78. The second kappa shape index (κ2) is 6.12. The average molecular weight is 394 g/mol. The van der Waals surface area contributed by atoms with Gasteiger partial charge in [-0.25, -0.2) is 0 Å². The highest BCUT2D eigenvalue weighted by Gasteiger charge is 2.57. The van der Waals surface area contributed by atoms with Gasteiger partial charge in [0.2, 0.25) is 5.91 Å². The van der Waals surface area contributed by atoms with Crippen molar-refractivity contribution in [1.29, 1.82) is 0 Å². The smallest absolute Gasteiger partial charge is 0.226 e. The lowest BCUT2D eigenvalue weighted by molar-refractivity contribution is -0.168. The molecule has 1 heterocycles. The van der Waals surface area contributed by atoms with E-state index >= 15 is 0 Å². The van der Waals surface area contributed by atoms with Crippen molar-refractivity contribution in [2.45, 2.75) is 56.6 Å². The summed E-state index contributed by atoms with van der Waals surface area (Å²) in [5.74, 6) is 1.98. The lowest BCUT2D eigenvalue weighted by atomic mass is 9.52. The fourth-order valence-electron chi connectivity index (χ4n) is 6.66. The van der Waals surface area contributed by atoms with Gasteiger partial charge in [-0.05, 0) is 80.4 Å². The molecule has 1 N–H and O–H groups in total. The van der Waals surface area contributed by atoms with Crippen LogP contribution in [0.15, 0.2) is 18.2 Å². The van der Waals surface area contributed by atoms with E-state index in [0.29, 0.717) is 46.2 Å². The maximum absolute atomic E-state index is 13.2. The van der Waals surface area contributed by atoms with Gasteiger partial charge in [0.05, 0.1) is 5.60 Å². The molecule has 0 aromatic heterocycles. The molecule has 3 nitrogen and oxygen atoms in total. The van der Waals surface area contributed by atoms with Crippen LogP contribution in [0.1, 0.15) is 44.1 Å². The van der Waals surface area contributed by atoms with Gasteiger partial charge in [-0.3, -0.25) is 4.79 Å². The van der Waals surface area contributed by atoms with Crippen molar-refractivity contribution in [3.63, 3.8) is 0 Å². The van der Waals surface area contributed by atoms with E-state index in [1.807, 2.05) is 12.1 Å². The molecule has 4 saturated carbocycles. The van der Waals surface area contributed by atoms with Crippen molar-refractivity contribution in [1.82, 2.24) is 4.90 Å². The Morgan fingerprint density at radius 1 is 1.15 bits per heavy atom. The molecule has 4 aliphatic carbocycles. The van der Waals surface area contributed by atoms with Gasteiger partial charge in [-0.1, -0.05) is 29.3 Å². The molecule has 3 unspecified atom stereocenters. The van der Waals surface area contributed by atoms with E-state index in [0.717, 1.165) is 37.8 Å². The summed E-state index contributed by atoms with van der Waals surface area (Å²) in [5, 5.41) is 12.1. The lowest BCUT2D eigenvalue weighted by Gasteiger charge is -2.59. The molecule has 0 spiro atoms. The average Bonchev–Trinajstić information content (AvgIpc) is 2.89. The van der Waals surface area contributed by atoms with Crippen LogP contribution in [0.2, 0.25) is 10.0 Å². The molecule has 1 aromatic rings. The molecule has 5 heteroatoms. The number of amides is 1. The van der Waals surface area contributed by atoms with E-state index in [1.165, 1.54) is 12.8 Å². The largest absolute Gasteiger partial charge is 0.390 e. The van der Waals surface area contributed by atoms with Crippen molar-refractivity contribution >= 4 is 29.1 Å². The highest BCUT2D eigenvalue weighted by molar-refractivity contribution is 6.35. The topological polar surface area (TPSA) is 40.5 Å². The molecule has 5 aliphatic rings. The highest BCUT2D eigenvalue weighted by Crippen LogP contribution is 2.57. The van der Waals surface area contributed by atoms with Gasteiger partial charge in [-0.15, -0.1) is 0 Å². The first kappa shape index (κ1) is 17.3. The minimum atomic E-state index is -0.438. The van der Waals surface area contributed by atoms with Crippen LogP contribution >= 0.6 is 23.2 Å². The van der Waals surface area contributed by atoms with Crippen molar-refractivity contribution in [2.24, 2.45) is 23.7 Å². The Morgan fingerprint density at radius 3 is 2.54 bits per heavy atom. The monoisotopic (exact) mass is 393 g/mol. The Balaban J connectivity index is 1.32. The van der Waals surface area contributed by atoms with Gasteiger partial charge in [-0.2, -0.15) is 0 Å². The zero-order valence-corrected chi connectivity index (χ0v) is 16.3. The van der Waals surface area contributed by atoms with E-state index in [-0.39, 0.29) is 5.92 Å². The number of nitrogens with zero attached hydrogens (tertiary/aromatic N) is 1. The standard InChI is InChI=1S/C21H25Cl2NO2/c22-17-2-1-13(18(23)8-17)7-14-3-4-24(20(14)25)19-15-5-12-6-16(19)11-21(26,9-12)10-15/h1-2,8,12,14-16,19,26H,3-7,9-11H2. The van der Waals surface area contributed by atoms with Crippen molar-refractivity contribution < 1.29 is 9.90 Å². The van der Waals surface area contributed by atoms with Crippen LogP contribution in [-0.4, -0.2) is 34.1 Å². The Hall–Kier alpha value is -0.770. The van der Waals surface area contributed by atoms with Gasteiger partial charge in [0.15, 0.2) is 0 Å². The third-order valence-electron chi connectivity index (χ3n) is 7.38. The van der Waals surface area contributed by atoms with Crippen LogP contribution in [0.5, 0.6) is 0 Å². The zero-order chi connectivity index (χ0) is 18.1. The number of carbonyl (C=O) groups excluding carboxylic acids is 1. The Kier molecular flexibility index (Phi) is 4.08. The number of halogens is 2. The molecule has 26 heavy (non-hydrogen) atoms. The van der Waals surface area contributed by atoms with E-state index in [4.69, 9.17) is 23.2 Å². The number of likely N-dealkylation sites (tertiary alicyclic amines) is 1. The summed E-state index contributed by atoms with van der Waals surface area (Å²) in [4.78, 5) is 15.4. The molecular formula is C21H25Cl2NO2. The minimum Gasteiger partial charge on any atom is -0.390 e. The lowest BCUT2D eigenvalue weighted by Crippen LogP contribution is -2.62. The second-order valence-corrected chi connectivity index (χ2v) is 9.99.